The first kappa shape index (κ1) is 20.4. The molecule has 0 saturated carbocycles. The molecule has 24 heavy (non-hydrogen) atoms. The summed E-state index contributed by atoms with van der Waals surface area (Å²) in [6.45, 7) is 3.82. The van der Waals surface area contributed by atoms with Gasteiger partial charge in [-0.25, -0.2) is 0 Å². The summed E-state index contributed by atoms with van der Waals surface area (Å²) in [6, 6.07) is 6.81. The van der Waals surface area contributed by atoms with Gasteiger partial charge < -0.3 is 17.2 Å². The molecule has 0 bridgehead atoms. The van der Waals surface area contributed by atoms with E-state index in [4.69, 9.17) is 5.11 Å². The molecule has 1 saturated heterocycles. The molecular formula is C16H20N3NaO4. The van der Waals surface area contributed by atoms with E-state index in [-0.39, 0.29) is 36.9 Å². The SMILES string of the molecule is C=CCNC(=O)[C@H](Cc1ccccc1)NC(=O)[C@H]1N[C@@H]1C(=O)O.[H-].[Na+]. The van der Waals surface area contributed by atoms with Gasteiger partial charge in [-0.15, -0.1) is 6.58 Å². The van der Waals surface area contributed by atoms with Crippen molar-refractivity contribution in [3.05, 3.63) is 48.6 Å². The van der Waals surface area contributed by atoms with Crippen molar-refractivity contribution in [2.75, 3.05) is 6.54 Å². The van der Waals surface area contributed by atoms with E-state index in [0.29, 0.717) is 13.0 Å². The van der Waals surface area contributed by atoms with Crippen molar-refractivity contribution in [1.29, 1.82) is 0 Å². The molecule has 0 unspecified atom stereocenters. The van der Waals surface area contributed by atoms with Crippen LogP contribution in [0.1, 0.15) is 6.99 Å². The fourth-order valence-corrected chi connectivity index (χ4v) is 2.20. The van der Waals surface area contributed by atoms with Gasteiger partial charge in [0, 0.05) is 13.0 Å². The largest absolute Gasteiger partial charge is 1.00 e. The van der Waals surface area contributed by atoms with Crippen LogP contribution in [0.4, 0.5) is 0 Å². The number of rotatable bonds is 8. The molecule has 8 heteroatoms. The van der Waals surface area contributed by atoms with Crippen LogP contribution in [0.5, 0.6) is 0 Å². The Morgan fingerprint density at radius 3 is 2.50 bits per heavy atom. The fraction of sp³-hybridized carbons (Fsp3) is 0.312. The first-order chi connectivity index (χ1) is 11.0. The van der Waals surface area contributed by atoms with Gasteiger partial charge in [0.2, 0.25) is 11.8 Å². The van der Waals surface area contributed by atoms with Gasteiger partial charge in [0.1, 0.15) is 18.1 Å². The minimum Gasteiger partial charge on any atom is -1.00 e. The van der Waals surface area contributed by atoms with Crippen molar-refractivity contribution in [3.63, 3.8) is 0 Å². The third-order valence-electron chi connectivity index (χ3n) is 3.47. The first-order valence-corrected chi connectivity index (χ1v) is 7.24. The minimum atomic E-state index is -1.08. The quantitative estimate of drug-likeness (QED) is 0.223. The fourth-order valence-electron chi connectivity index (χ4n) is 2.20. The summed E-state index contributed by atoms with van der Waals surface area (Å²) in [5, 5.41) is 16.6. The van der Waals surface area contributed by atoms with Crippen molar-refractivity contribution in [2.24, 2.45) is 0 Å². The third-order valence-corrected chi connectivity index (χ3v) is 3.47. The Balaban J connectivity index is 0.00000288. The van der Waals surface area contributed by atoms with Crippen LogP contribution >= 0.6 is 0 Å². The smallest absolute Gasteiger partial charge is 1.00 e. The van der Waals surface area contributed by atoms with Gasteiger partial charge >= 0.3 is 35.5 Å². The third kappa shape index (κ3) is 5.76. The average Bonchev–Trinajstić information content (AvgIpc) is 3.34. The second-order valence-electron chi connectivity index (χ2n) is 5.24. The Morgan fingerprint density at radius 2 is 1.96 bits per heavy atom. The van der Waals surface area contributed by atoms with E-state index in [9.17, 15) is 14.4 Å². The number of carbonyl (C=O) groups is 3. The van der Waals surface area contributed by atoms with Crippen molar-refractivity contribution >= 4 is 17.8 Å². The molecule has 1 fully saturated rings. The summed E-state index contributed by atoms with van der Waals surface area (Å²) < 4.78 is 0. The normalized spacial score (nSPS) is 19.3. The molecule has 1 aromatic rings. The zero-order valence-electron chi connectivity index (χ0n) is 14.5. The van der Waals surface area contributed by atoms with E-state index in [1.54, 1.807) is 6.08 Å². The zero-order chi connectivity index (χ0) is 16.8. The maximum atomic E-state index is 12.2. The maximum Gasteiger partial charge on any atom is 1.00 e. The molecule has 3 atom stereocenters. The van der Waals surface area contributed by atoms with Crippen LogP contribution in [-0.4, -0.2) is 47.6 Å². The molecular weight excluding hydrogens is 321 g/mol. The summed E-state index contributed by atoms with van der Waals surface area (Å²) in [7, 11) is 0. The minimum absolute atomic E-state index is 0. The molecule has 1 aliphatic rings. The van der Waals surface area contributed by atoms with Gasteiger partial charge in [-0.05, 0) is 5.56 Å². The number of carboxylic acid groups (broad SMARTS) is 1. The van der Waals surface area contributed by atoms with E-state index in [1.165, 1.54) is 0 Å². The van der Waals surface area contributed by atoms with E-state index in [2.05, 4.69) is 22.5 Å². The van der Waals surface area contributed by atoms with Crippen LogP contribution in [0.3, 0.4) is 0 Å². The van der Waals surface area contributed by atoms with E-state index in [1.807, 2.05) is 30.3 Å². The zero-order valence-corrected chi connectivity index (χ0v) is 15.5. The number of benzene rings is 1. The van der Waals surface area contributed by atoms with Crippen LogP contribution < -0.4 is 45.5 Å². The van der Waals surface area contributed by atoms with Crippen LogP contribution in [0, 0.1) is 0 Å². The standard InChI is InChI=1S/C16H19N3O4.Na.H/c1-2-8-17-14(20)11(9-10-6-4-3-5-7-10)18-15(21)12-13(19-12)16(22)23;;/h2-7,11-13,19H,1,8-9H2,(H,17,20)(H,18,21)(H,22,23);;/q;+1;-1/t11-,12-,13-;;/m0../s1. The summed E-state index contributed by atoms with van der Waals surface area (Å²) in [6.07, 6.45) is 1.86. The number of nitrogens with one attached hydrogen (secondary N) is 3. The molecule has 1 aliphatic heterocycles. The molecule has 0 aromatic heterocycles. The molecule has 1 aromatic carbocycles. The maximum absolute atomic E-state index is 12.2. The van der Waals surface area contributed by atoms with E-state index < -0.39 is 30.0 Å². The van der Waals surface area contributed by atoms with Gasteiger partial charge in [0.15, 0.2) is 0 Å². The number of carboxylic acids is 1. The Hall–Kier alpha value is -1.67. The number of carbonyl (C=O) groups excluding carboxylic acids is 2. The second-order valence-corrected chi connectivity index (χ2v) is 5.24. The summed E-state index contributed by atoms with van der Waals surface area (Å²) in [5.74, 6) is -1.91. The molecule has 2 amide bonds. The Bertz CT molecular complexity index is 615. The Kier molecular flexibility index (Phi) is 8.14. The van der Waals surface area contributed by atoms with Crippen molar-refractivity contribution in [1.82, 2.24) is 16.0 Å². The molecule has 7 nitrogen and oxygen atoms in total. The van der Waals surface area contributed by atoms with Crippen LogP contribution in [0.15, 0.2) is 43.0 Å². The van der Waals surface area contributed by atoms with Gasteiger partial charge in [-0.2, -0.15) is 0 Å². The molecule has 124 valence electrons. The van der Waals surface area contributed by atoms with Gasteiger partial charge in [-0.1, -0.05) is 36.4 Å². The second kappa shape index (κ2) is 9.58. The monoisotopic (exact) mass is 341 g/mol. The summed E-state index contributed by atoms with van der Waals surface area (Å²) >= 11 is 0. The number of amides is 2. The number of hydrogen-bond acceptors (Lipinski definition) is 4. The van der Waals surface area contributed by atoms with E-state index in [0.717, 1.165) is 5.56 Å². The van der Waals surface area contributed by atoms with E-state index >= 15 is 0 Å². The summed E-state index contributed by atoms with van der Waals surface area (Å²) in [4.78, 5) is 35.0. The molecule has 0 spiro atoms. The average molecular weight is 341 g/mol. The molecule has 1 heterocycles. The van der Waals surface area contributed by atoms with Crippen molar-refractivity contribution in [3.8, 4) is 0 Å². The molecule has 0 radical (unpaired) electrons. The van der Waals surface area contributed by atoms with Crippen molar-refractivity contribution in [2.45, 2.75) is 24.5 Å². The van der Waals surface area contributed by atoms with Gasteiger partial charge in [0.25, 0.3) is 0 Å². The Morgan fingerprint density at radius 1 is 1.29 bits per heavy atom. The van der Waals surface area contributed by atoms with Crippen LogP contribution in [0.2, 0.25) is 0 Å². The van der Waals surface area contributed by atoms with Gasteiger partial charge in [-0.3, -0.25) is 19.7 Å². The predicted octanol–water partition coefficient (Wildman–Crippen LogP) is -3.44. The summed E-state index contributed by atoms with van der Waals surface area (Å²) in [5.41, 5.74) is 0.894. The number of hydrogen-bond donors (Lipinski definition) is 4. The number of aliphatic carboxylic acids is 1. The Labute approximate surface area is 163 Å². The predicted molar refractivity (Wildman–Crippen MR) is 84.7 cm³/mol. The molecule has 4 N–H and O–H groups in total. The van der Waals surface area contributed by atoms with Crippen LogP contribution in [0.25, 0.3) is 0 Å². The molecule has 0 aliphatic carbocycles. The topological polar surface area (TPSA) is 117 Å². The molecule has 2 rings (SSSR count). The first-order valence-electron chi connectivity index (χ1n) is 7.24. The van der Waals surface area contributed by atoms with Crippen LogP contribution in [-0.2, 0) is 20.8 Å². The van der Waals surface area contributed by atoms with Crippen molar-refractivity contribution < 1.29 is 50.5 Å². The van der Waals surface area contributed by atoms with Gasteiger partial charge in [0.05, 0.1) is 0 Å².